The maximum Gasteiger partial charge on any atom is 0.159 e. The number of thiazole rings is 1. The summed E-state index contributed by atoms with van der Waals surface area (Å²) in [6.45, 7) is 4.10. The van der Waals surface area contributed by atoms with Crippen LogP contribution in [0.4, 0.5) is 5.69 Å². The Labute approximate surface area is 167 Å². The van der Waals surface area contributed by atoms with E-state index >= 15 is 0 Å². The fraction of sp³-hybridized carbons (Fsp3) is 0.136. The number of nitriles is 1. The Hall–Kier alpha value is -3.43. The van der Waals surface area contributed by atoms with E-state index in [-0.39, 0.29) is 5.78 Å². The molecule has 5 nitrogen and oxygen atoms in total. The zero-order chi connectivity index (χ0) is 19.9. The number of allylic oxidation sites excluding steroid dienone is 1. The Bertz CT molecular complexity index is 1030. The van der Waals surface area contributed by atoms with Crippen LogP contribution in [0, 0.1) is 11.3 Å². The van der Waals surface area contributed by atoms with Crippen LogP contribution in [-0.4, -0.2) is 17.4 Å². The number of ether oxygens (including phenoxy) is 1. The number of nitrogens with zero attached hydrogens (tertiary/aromatic N) is 2. The largest absolute Gasteiger partial charge is 0.494 e. The first kappa shape index (κ1) is 19.3. The third-order valence-electron chi connectivity index (χ3n) is 3.99. The summed E-state index contributed by atoms with van der Waals surface area (Å²) in [5.41, 5.74) is 3.67. The van der Waals surface area contributed by atoms with Gasteiger partial charge in [0, 0.05) is 28.4 Å². The first-order valence-electron chi connectivity index (χ1n) is 8.77. The predicted octanol–water partition coefficient (Wildman–Crippen LogP) is 5.39. The molecule has 0 amide bonds. The number of aromatic nitrogens is 1. The van der Waals surface area contributed by atoms with Gasteiger partial charge in [0.25, 0.3) is 0 Å². The molecule has 1 heterocycles. The van der Waals surface area contributed by atoms with Crippen LogP contribution >= 0.6 is 11.3 Å². The Morgan fingerprint density at radius 3 is 2.54 bits per heavy atom. The highest BCUT2D eigenvalue weighted by Crippen LogP contribution is 2.27. The Morgan fingerprint density at radius 2 is 1.93 bits per heavy atom. The van der Waals surface area contributed by atoms with Gasteiger partial charge in [-0.1, -0.05) is 0 Å². The molecule has 0 spiro atoms. The van der Waals surface area contributed by atoms with E-state index in [1.807, 2.05) is 36.6 Å². The molecule has 0 aliphatic rings. The molecular formula is C22H19N3O2S. The molecule has 0 atom stereocenters. The van der Waals surface area contributed by atoms with Gasteiger partial charge in [0.1, 0.15) is 22.4 Å². The van der Waals surface area contributed by atoms with E-state index in [2.05, 4.69) is 16.4 Å². The lowest BCUT2D eigenvalue weighted by atomic mass is 10.1. The van der Waals surface area contributed by atoms with Crippen molar-refractivity contribution in [2.45, 2.75) is 13.8 Å². The molecule has 0 bridgehead atoms. The molecule has 6 heteroatoms. The van der Waals surface area contributed by atoms with Crippen molar-refractivity contribution in [3.8, 4) is 23.1 Å². The van der Waals surface area contributed by atoms with E-state index in [1.54, 1.807) is 30.5 Å². The number of Topliss-reactive ketones (excluding diaryl/α,β-unsaturated/α-hetero) is 1. The second-order valence-corrected chi connectivity index (χ2v) is 6.80. The number of hydrogen-bond donors (Lipinski definition) is 1. The Balaban J connectivity index is 1.75. The van der Waals surface area contributed by atoms with E-state index in [1.165, 1.54) is 18.3 Å². The summed E-state index contributed by atoms with van der Waals surface area (Å²) < 4.78 is 5.46. The first-order valence-corrected chi connectivity index (χ1v) is 9.65. The van der Waals surface area contributed by atoms with Crippen molar-refractivity contribution < 1.29 is 9.53 Å². The summed E-state index contributed by atoms with van der Waals surface area (Å²) in [5.74, 6) is 0.837. The zero-order valence-electron chi connectivity index (χ0n) is 15.6. The highest BCUT2D eigenvalue weighted by Gasteiger charge is 2.09. The maximum atomic E-state index is 11.3. The monoisotopic (exact) mass is 389 g/mol. The summed E-state index contributed by atoms with van der Waals surface area (Å²) in [4.78, 5) is 15.9. The summed E-state index contributed by atoms with van der Waals surface area (Å²) in [6, 6.07) is 17.0. The Kier molecular flexibility index (Phi) is 6.20. The quantitative estimate of drug-likeness (QED) is 0.433. The van der Waals surface area contributed by atoms with Crippen LogP contribution in [0.25, 0.3) is 16.8 Å². The fourth-order valence-electron chi connectivity index (χ4n) is 2.52. The van der Waals surface area contributed by atoms with Crippen LogP contribution in [-0.2, 0) is 0 Å². The summed E-state index contributed by atoms with van der Waals surface area (Å²) >= 11 is 1.42. The molecule has 0 radical (unpaired) electrons. The average Bonchev–Trinajstić information content (AvgIpc) is 3.20. The van der Waals surface area contributed by atoms with Crippen LogP contribution in [0.15, 0.2) is 60.1 Å². The van der Waals surface area contributed by atoms with E-state index in [9.17, 15) is 10.1 Å². The lowest BCUT2D eigenvalue weighted by molar-refractivity contribution is 0.101. The second kappa shape index (κ2) is 8.98. The van der Waals surface area contributed by atoms with Gasteiger partial charge >= 0.3 is 0 Å². The number of benzene rings is 2. The minimum absolute atomic E-state index is 0.0180. The molecular weight excluding hydrogens is 370 g/mol. The van der Waals surface area contributed by atoms with Crippen LogP contribution in [0.5, 0.6) is 5.75 Å². The van der Waals surface area contributed by atoms with Crippen molar-refractivity contribution in [3.05, 3.63) is 70.7 Å². The van der Waals surface area contributed by atoms with E-state index in [4.69, 9.17) is 4.74 Å². The fourth-order valence-corrected chi connectivity index (χ4v) is 3.31. The summed E-state index contributed by atoms with van der Waals surface area (Å²) in [5, 5.41) is 15.1. The van der Waals surface area contributed by atoms with Gasteiger partial charge in [-0.25, -0.2) is 4.98 Å². The van der Waals surface area contributed by atoms with E-state index in [0.29, 0.717) is 22.8 Å². The standard InChI is InChI=1S/C22H19N3O2S/c1-3-27-20-10-6-17(7-11-20)21-14-28-22(25-21)18(12-23)13-24-19-8-4-16(5-9-19)15(2)26/h4-11,13-14,24H,3H2,1-2H3. The smallest absolute Gasteiger partial charge is 0.159 e. The molecule has 0 aliphatic heterocycles. The number of hydrogen-bond acceptors (Lipinski definition) is 6. The Morgan fingerprint density at radius 1 is 1.21 bits per heavy atom. The van der Waals surface area contributed by atoms with E-state index in [0.717, 1.165) is 22.7 Å². The molecule has 1 aromatic heterocycles. The van der Waals surface area contributed by atoms with Gasteiger partial charge in [-0.05, 0) is 62.4 Å². The van der Waals surface area contributed by atoms with Gasteiger partial charge in [-0.2, -0.15) is 5.26 Å². The number of carbonyl (C=O) groups excluding carboxylic acids is 1. The molecule has 0 saturated carbocycles. The van der Waals surface area contributed by atoms with Gasteiger partial charge in [-0.15, -0.1) is 11.3 Å². The topological polar surface area (TPSA) is 75.0 Å². The van der Waals surface area contributed by atoms with Gasteiger partial charge < -0.3 is 10.1 Å². The molecule has 140 valence electrons. The van der Waals surface area contributed by atoms with Crippen LogP contribution in [0.3, 0.4) is 0 Å². The average molecular weight is 389 g/mol. The zero-order valence-corrected chi connectivity index (χ0v) is 16.4. The maximum absolute atomic E-state index is 11.3. The van der Waals surface area contributed by atoms with Crippen molar-refractivity contribution in [1.29, 1.82) is 5.26 Å². The van der Waals surface area contributed by atoms with Crippen LogP contribution in [0.1, 0.15) is 29.2 Å². The van der Waals surface area contributed by atoms with Gasteiger partial charge in [-0.3, -0.25) is 4.79 Å². The van der Waals surface area contributed by atoms with Crippen molar-refractivity contribution in [2.24, 2.45) is 0 Å². The lowest BCUT2D eigenvalue weighted by Gasteiger charge is -2.03. The third kappa shape index (κ3) is 4.64. The highest BCUT2D eigenvalue weighted by atomic mass is 32.1. The number of rotatable bonds is 7. The number of nitrogens with one attached hydrogen (secondary N) is 1. The highest BCUT2D eigenvalue weighted by molar-refractivity contribution is 7.11. The molecule has 2 aromatic carbocycles. The van der Waals surface area contributed by atoms with Crippen LogP contribution in [0.2, 0.25) is 0 Å². The van der Waals surface area contributed by atoms with Crippen LogP contribution < -0.4 is 10.1 Å². The van der Waals surface area contributed by atoms with Gasteiger partial charge in [0.15, 0.2) is 5.78 Å². The second-order valence-electron chi connectivity index (χ2n) is 5.94. The van der Waals surface area contributed by atoms with Crippen molar-refractivity contribution >= 4 is 28.4 Å². The number of ketones is 1. The normalized spacial score (nSPS) is 11.0. The lowest BCUT2D eigenvalue weighted by Crippen LogP contribution is -1.94. The molecule has 0 unspecified atom stereocenters. The first-order chi connectivity index (χ1) is 13.6. The molecule has 0 fully saturated rings. The van der Waals surface area contributed by atoms with Crippen molar-refractivity contribution in [1.82, 2.24) is 4.98 Å². The molecule has 1 N–H and O–H groups in total. The number of carbonyl (C=O) groups is 1. The molecule has 3 rings (SSSR count). The minimum atomic E-state index is 0.0180. The van der Waals surface area contributed by atoms with Gasteiger partial charge in [0.2, 0.25) is 0 Å². The predicted molar refractivity (Wildman–Crippen MR) is 112 cm³/mol. The third-order valence-corrected chi connectivity index (χ3v) is 4.87. The number of anilines is 1. The molecule has 0 saturated heterocycles. The molecule has 3 aromatic rings. The summed E-state index contributed by atoms with van der Waals surface area (Å²) in [6.07, 6.45) is 1.63. The SMILES string of the molecule is CCOc1ccc(-c2csc(C(C#N)=CNc3ccc(C(C)=O)cc3)n2)cc1. The minimum Gasteiger partial charge on any atom is -0.494 e. The van der Waals surface area contributed by atoms with Crippen molar-refractivity contribution in [3.63, 3.8) is 0 Å². The molecule has 28 heavy (non-hydrogen) atoms. The molecule has 0 aliphatic carbocycles. The van der Waals surface area contributed by atoms with Crippen molar-refractivity contribution in [2.75, 3.05) is 11.9 Å². The van der Waals surface area contributed by atoms with Gasteiger partial charge in [0.05, 0.1) is 12.3 Å². The van der Waals surface area contributed by atoms with E-state index < -0.39 is 0 Å². The summed E-state index contributed by atoms with van der Waals surface area (Å²) in [7, 11) is 0.